The van der Waals surface area contributed by atoms with Crippen LogP contribution in [0.5, 0.6) is 0 Å². The zero-order valence-corrected chi connectivity index (χ0v) is 10.7. The van der Waals surface area contributed by atoms with Crippen molar-refractivity contribution >= 4 is 17.5 Å². The van der Waals surface area contributed by atoms with Crippen molar-refractivity contribution in [2.75, 3.05) is 0 Å². The Bertz CT molecular complexity index is 554. The third-order valence-corrected chi connectivity index (χ3v) is 3.23. The molecule has 0 aliphatic heterocycles. The first kappa shape index (κ1) is 14.0. The minimum atomic E-state index is -0.728. The van der Waals surface area contributed by atoms with Crippen molar-refractivity contribution < 1.29 is 14.5 Å². The van der Waals surface area contributed by atoms with Crippen molar-refractivity contribution in [1.82, 2.24) is 5.32 Å². The number of nitrogens with zero attached hydrogens (tertiary/aromatic N) is 1. The SMILES string of the molecule is NC(=O)[C@H](CC1CC1)NC(=O)c1cccc([N+](=O)[O-])c1. The van der Waals surface area contributed by atoms with E-state index in [9.17, 15) is 19.7 Å². The van der Waals surface area contributed by atoms with Crippen molar-refractivity contribution in [3.63, 3.8) is 0 Å². The van der Waals surface area contributed by atoms with Gasteiger partial charge < -0.3 is 11.1 Å². The molecule has 0 saturated heterocycles. The second-order valence-electron chi connectivity index (χ2n) is 4.91. The molecule has 20 heavy (non-hydrogen) atoms. The lowest BCUT2D eigenvalue weighted by Gasteiger charge is -2.14. The van der Waals surface area contributed by atoms with E-state index >= 15 is 0 Å². The van der Waals surface area contributed by atoms with Gasteiger partial charge in [-0.2, -0.15) is 0 Å². The number of nitrogens with two attached hydrogens (primary N) is 1. The van der Waals surface area contributed by atoms with E-state index in [0.29, 0.717) is 12.3 Å². The Morgan fingerprint density at radius 1 is 1.45 bits per heavy atom. The maximum Gasteiger partial charge on any atom is 0.270 e. The zero-order valence-electron chi connectivity index (χ0n) is 10.7. The molecule has 1 fully saturated rings. The molecule has 1 saturated carbocycles. The minimum absolute atomic E-state index is 0.140. The number of nitrogens with one attached hydrogen (secondary N) is 1. The van der Waals surface area contributed by atoms with Crippen molar-refractivity contribution in [3.05, 3.63) is 39.9 Å². The largest absolute Gasteiger partial charge is 0.368 e. The van der Waals surface area contributed by atoms with E-state index in [1.807, 2.05) is 0 Å². The third kappa shape index (κ3) is 3.53. The lowest BCUT2D eigenvalue weighted by Crippen LogP contribution is -2.44. The normalized spacial score (nSPS) is 15.4. The highest BCUT2D eigenvalue weighted by Gasteiger charge is 2.29. The summed E-state index contributed by atoms with van der Waals surface area (Å²) in [6, 6.07) is 4.62. The molecule has 0 spiro atoms. The summed E-state index contributed by atoms with van der Waals surface area (Å²) in [6.07, 6.45) is 2.60. The molecule has 0 bridgehead atoms. The lowest BCUT2D eigenvalue weighted by molar-refractivity contribution is -0.384. The standard InChI is InChI=1S/C13H15N3O4/c14-12(17)11(6-8-4-5-8)15-13(18)9-2-1-3-10(7-9)16(19)20/h1-3,7-8,11H,4-6H2,(H2,14,17)(H,15,18)/t11-/m0/s1. The number of hydrogen-bond acceptors (Lipinski definition) is 4. The molecular formula is C13H15N3O4. The summed E-state index contributed by atoms with van der Waals surface area (Å²) in [5.74, 6) is -0.688. The first-order valence-electron chi connectivity index (χ1n) is 6.32. The fourth-order valence-electron chi connectivity index (χ4n) is 1.94. The van der Waals surface area contributed by atoms with Gasteiger partial charge in [0.25, 0.3) is 11.6 Å². The molecule has 1 atom stereocenters. The number of amides is 2. The first-order valence-corrected chi connectivity index (χ1v) is 6.32. The molecule has 106 valence electrons. The van der Waals surface area contributed by atoms with E-state index < -0.39 is 22.8 Å². The van der Waals surface area contributed by atoms with Gasteiger partial charge >= 0.3 is 0 Å². The maximum absolute atomic E-state index is 12.0. The smallest absolute Gasteiger partial charge is 0.270 e. The van der Waals surface area contributed by atoms with Crippen molar-refractivity contribution in [2.45, 2.75) is 25.3 Å². The molecule has 1 aliphatic carbocycles. The molecule has 1 aromatic rings. The first-order chi connectivity index (χ1) is 9.47. The van der Waals surface area contributed by atoms with Gasteiger partial charge in [0.05, 0.1) is 4.92 Å². The number of carbonyl (C=O) groups is 2. The molecule has 1 aliphatic rings. The molecule has 0 unspecified atom stereocenters. The topological polar surface area (TPSA) is 115 Å². The van der Waals surface area contributed by atoms with Crippen molar-refractivity contribution in [3.8, 4) is 0 Å². The Morgan fingerprint density at radius 3 is 2.70 bits per heavy atom. The van der Waals surface area contributed by atoms with Crippen LogP contribution in [0.25, 0.3) is 0 Å². The van der Waals surface area contributed by atoms with Crippen LogP contribution < -0.4 is 11.1 Å². The highest BCUT2D eigenvalue weighted by atomic mass is 16.6. The van der Waals surface area contributed by atoms with Crippen LogP contribution >= 0.6 is 0 Å². The number of carbonyl (C=O) groups excluding carboxylic acids is 2. The van der Waals surface area contributed by atoms with E-state index in [0.717, 1.165) is 12.8 Å². The Kier molecular flexibility index (Phi) is 3.97. The molecule has 3 N–H and O–H groups in total. The van der Waals surface area contributed by atoms with Gasteiger partial charge in [-0.15, -0.1) is 0 Å². The molecule has 2 rings (SSSR count). The second kappa shape index (κ2) is 5.68. The van der Waals surface area contributed by atoms with Gasteiger partial charge in [-0.3, -0.25) is 19.7 Å². The maximum atomic E-state index is 12.0. The Labute approximate surface area is 115 Å². The van der Waals surface area contributed by atoms with E-state index in [1.54, 1.807) is 0 Å². The van der Waals surface area contributed by atoms with Crippen LogP contribution in [0, 0.1) is 16.0 Å². The van der Waals surface area contributed by atoms with Crippen LogP contribution in [-0.2, 0) is 4.79 Å². The van der Waals surface area contributed by atoms with Gasteiger partial charge in [0, 0.05) is 17.7 Å². The van der Waals surface area contributed by atoms with Crippen LogP contribution in [-0.4, -0.2) is 22.8 Å². The van der Waals surface area contributed by atoms with Gasteiger partial charge in [0.2, 0.25) is 5.91 Å². The Hall–Kier alpha value is -2.44. The third-order valence-electron chi connectivity index (χ3n) is 3.23. The van der Waals surface area contributed by atoms with E-state index in [2.05, 4.69) is 5.32 Å². The van der Waals surface area contributed by atoms with Crippen LogP contribution in [0.4, 0.5) is 5.69 Å². The predicted molar refractivity (Wildman–Crippen MR) is 70.9 cm³/mol. The monoisotopic (exact) mass is 277 g/mol. The molecular weight excluding hydrogens is 262 g/mol. The zero-order chi connectivity index (χ0) is 14.7. The molecule has 7 heteroatoms. The number of nitro benzene ring substituents is 1. The summed E-state index contributed by atoms with van der Waals surface area (Å²) in [4.78, 5) is 33.4. The van der Waals surface area contributed by atoms with Gasteiger partial charge in [0.15, 0.2) is 0 Å². The van der Waals surface area contributed by atoms with E-state index in [4.69, 9.17) is 5.73 Å². The van der Waals surface area contributed by atoms with Crippen molar-refractivity contribution in [1.29, 1.82) is 0 Å². The summed E-state index contributed by atoms with van der Waals surface area (Å²) in [6.45, 7) is 0. The Morgan fingerprint density at radius 2 is 2.15 bits per heavy atom. The molecule has 2 amide bonds. The second-order valence-corrected chi connectivity index (χ2v) is 4.91. The minimum Gasteiger partial charge on any atom is -0.368 e. The number of primary amides is 1. The van der Waals surface area contributed by atoms with Crippen LogP contribution in [0.1, 0.15) is 29.6 Å². The average molecular weight is 277 g/mol. The summed E-state index contributed by atoms with van der Waals surface area (Å²) in [7, 11) is 0. The highest BCUT2D eigenvalue weighted by Crippen LogP contribution is 2.33. The number of rotatable bonds is 6. The highest BCUT2D eigenvalue weighted by molar-refractivity contribution is 5.97. The summed E-state index contributed by atoms with van der Waals surface area (Å²) in [5.41, 5.74) is 5.22. The molecule has 7 nitrogen and oxygen atoms in total. The lowest BCUT2D eigenvalue weighted by atomic mass is 10.1. The molecule has 0 heterocycles. The fraction of sp³-hybridized carbons (Fsp3) is 0.385. The summed E-state index contributed by atoms with van der Waals surface area (Å²) >= 11 is 0. The number of hydrogen-bond donors (Lipinski definition) is 2. The average Bonchev–Trinajstić information content (AvgIpc) is 3.21. The van der Waals surface area contributed by atoms with Crippen LogP contribution in [0.3, 0.4) is 0 Å². The van der Waals surface area contributed by atoms with E-state index in [-0.39, 0.29) is 11.3 Å². The van der Waals surface area contributed by atoms with E-state index in [1.165, 1.54) is 24.3 Å². The van der Waals surface area contributed by atoms with Gasteiger partial charge in [-0.25, -0.2) is 0 Å². The summed E-state index contributed by atoms with van der Waals surface area (Å²) in [5, 5.41) is 13.2. The summed E-state index contributed by atoms with van der Waals surface area (Å²) < 4.78 is 0. The van der Waals surface area contributed by atoms with Crippen LogP contribution in [0.15, 0.2) is 24.3 Å². The number of benzene rings is 1. The van der Waals surface area contributed by atoms with Crippen LogP contribution in [0.2, 0.25) is 0 Å². The van der Waals surface area contributed by atoms with Gasteiger partial charge in [0.1, 0.15) is 6.04 Å². The van der Waals surface area contributed by atoms with Gasteiger partial charge in [-0.05, 0) is 18.4 Å². The fourth-order valence-corrected chi connectivity index (χ4v) is 1.94. The van der Waals surface area contributed by atoms with Crippen molar-refractivity contribution in [2.24, 2.45) is 11.7 Å². The molecule has 1 aromatic carbocycles. The Balaban J connectivity index is 2.07. The molecule has 0 aromatic heterocycles. The van der Waals surface area contributed by atoms with Gasteiger partial charge in [-0.1, -0.05) is 18.9 Å². The number of non-ortho nitro benzene ring substituents is 1. The number of nitro groups is 1. The quantitative estimate of drug-likeness (QED) is 0.595. The molecule has 0 radical (unpaired) electrons. The predicted octanol–water partition coefficient (Wildman–Crippen LogP) is 0.979.